The minimum Gasteiger partial charge on any atom is -0.342 e. The normalized spacial score (nSPS) is 27.0. The highest BCUT2D eigenvalue weighted by Crippen LogP contribution is 2.25. The van der Waals surface area contributed by atoms with Crippen LogP contribution in [0.3, 0.4) is 0 Å². The SMILES string of the molecule is O=C(C[C@@H]1[NH2+][C@H]2CCCC[C@H]2NC1=O)Nc1ccc(Cl)c(Cl)c1. The van der Waals surface area contributed by atoms with Gasteiger partial charge in [0.2, 0.25) is 5.91 Å². The maximum atomic E-state index is 12.2. The molecule has 1 aliphatic carbocycles. The number of nitrogens with two attached hydrogens (primary N) is 1. The highest BCUT2D eigenvalue weighted by Gasteiger charge is 2.40. The van der Waals surface area contributed by atoms with E-state index in [4.69, 9.17) is 23.2 Å². The molecule has 2 amide bonds. The summed E-state index contributed by atoms with van der Waals surface area (Å²) >= 11 is 11.8. The third kappa shape index (κ3) is 3.97. The Labute approximate surface area is 145 Å². The molecule has 4 N–H and O–H groups in total. The van der Waals surface area contributed by atoms with Gasteiger partial charge in [-0.15, -0.1) is 0 Å². The average molecular weight is 357 g/mol. The number of nitrogens with one attached hydrogen (secondary N) is 2. The van der Waals surface area contributed by atoms with Crippen molar-refractivity contribution in [1.29, 1.82) is 0 Å². The van der Waals surface area contributed by atoms with Gasteiger partial charge < -0.3 is 16.0 Å². The quantitative estimate of drug-likeness (QED) is 0.770. The summed E-state index contributed by atoms with van der Waals surface area (Å²) in [6.45, 7) is 0. The second-order valence-corrected chi connectivity index (χ2v) is 7.06. The third-order valence-electron chi connectivity index (χ3n) is 4.57. The van der Waals surface area contributed by atoms with Crippen LogP contribution in [0.1, 0.15) is 32.1 Å². The van der Waals surface area contributed by atoms with Gasteiger partial charge in [-0.25, -0.2) is 0 Å². The molecule has 1 aromatic rings. The number of hydrogen-bond donors (Lipinski definition) is 3. The lowest BCUT2D eigenvalue weighted by molar-refractivity contribution is -0.718. The Hall–Kier alpha value is -1.30. The van der Waals surface area contributed by atoms with Crippen LogP contribution < -0.4 is 16.0 Å². The van der Waals surface area contributed by atoms with Gasteiger partial charge in [0.25, 0.3) is 5.91 Å². The van der Waals surface area contributed by atoms with Crippen molar-refractivity contribution in [2.45, 2.75) is 50.2 Å². The number of quaternary nitrogens is 1. The van der Waals surface area contributed by atoms with Gasteiger partial charge in [0.1, 0.15) is 6.04 Å². The lowest BCUT2D eigenvalue weighted by Gasteiger charge is -2.37. The van der Waals surface area contributed by atoms with E-state index in [9.17, 15) is 9.59 Å². The van der Waals surface area contributed by atoms with E-state index in [1.807, 2.05) is 0 Å². The molecule has 3 rings (SSSR count). The van der Waals surface area contributed by atoms with E-state index < -0.39 is 0 Å². The third-order valence-corrected chi connectivity index (χ3v) is 5.31. The van der Waals surface area contributed by atoms with Gasteiger partial charge in [-0.05, 0) is 31.0 Å². The number of fused-ring (bicyclic) bond motifs is 1. The molecule has 3 atom stereocenters. The van der Waals surface area contributed by atoms with E-state index in [1.54, 1.807) is 18.2 Å². The molecule has 1 saturated carbocycles. The number of amides is 2. The molecule has 0 radical (unpaired) electrons. The van der Waals surface area contributed by atoms with E-state index in [-0.39, 0.29) is 30.3 Å². The zero-order valence-corrected chi connectivity index (χ0v) is 14.2. The van der Waals surface area contributed by atoms with Crippen molar-refractivity contribution < 1.29 is 14.9 Å². The lowest BCUT2D eigenvalue weighted by atomic mass is 9.87. The first kappa shape index (κ1) is 16.6. The van der Waals surface area contributed by atoms with Crippen molar-refractivity contribution in [2.24, 2.45) is 0 Å². The zero-order chi connectivity index (χ0) is 16.4. The summed E-state index contributed by atoms with van der Waals surface area (Å²) < 4.78 is 0. The van der Waals surface area contributed by atoms with Crippen LogP contribution in [0, 0.1) is 0 Å². The smallest absolute Gasteiger partial charge is 0.279 e. The first-order valence-corrected chi connectivity index (χ1v) is 8.69. The van der Waals surface area contributed by atoms with Gasteiger partial charge in [-0.2, -0.15) is 0 Å². The van der Waals surface area contributed by atoms with E-state index in [1.165, 1.54) is 6.42 Å². The fourth-order valence-corrected chi connectivity index (χ4v) is 3.69. The Bertz CT molecular complexity index is 623. The summed E-state index contributed by atoms with van der Waals surface area (Å²) in [7, 11) is 0. The van der Waals surface area contributed by atoms with E-state index in [2.05, 4.69) is 16.0 Å². The van der Waals surface area contributed by atoms with Gasteiger partial charge in [-0.1, -0.05) is 29.6 Å². The number of halogens is 2. The summed E-state index contributed by atoms with van der Waals surface area (Å²) in [5, 5.41) is 8.72. The zero-order valence-electron chi connectivity index (χ0n) is 12.6. The Morgan fingerprint density at radius 2 is 2.04 bits per heavy atom. The maximum Gasteiger partial charge on any atom is 0.279 e. The highest BCUT2D eigenvalue weighted by molar-refractivity contribution is 6.42. The predicted molar refractivity (Wildman–Crippen MR) is 89.6 cm³/mol. The van der Waals surface area contributed by atoms with Crippen LogP contribution in [0.25, 0.3) is 0 Å². The maximum absolute atomic E-state index is 12.2. The molecule has 124 valence electrons. The number of rotatable bonds is 3. The van der Waals surface area contributed by atoms with Gasteiger partial charge in [0, 0.05) is 12.1 Å². The monoisotopic (exact) mass is 356 g/mol. The number of anilines is 1. The Morgan fingerprint density at radius 1 is 1.26 bits per heavy atom. The summed E-state index contributed by atoms with van der Waals surface area (Å²) in [5.74, 6) is -0.244. The van der Waals surface area contributed by atoms with Crippen LogP contribution in [0.5, 0.6) is 0 Å². The number of benzene rings is 1. The molecular formula is C16H20Cl2N3O2+. The second-order valence-electron chi connectivity index (χ2n) is 6.24. The van der Waals surface area contributed by atoms with E-state index in [0.717, 1.165) is 19.3 Å². The van der Waals surface area contributed by atoms with Crippen LogP contribution in [0.2, 0.25) is 10.0 Å². The molecule has 5 nitrogen and oxygen atoms in total. The Balaban J connectivity index is 1.58. The largest absolute Gasteiger partial charge is 0.342 e. The van der Waals surface area contributed by atoms with Crippen molar-refractivity contribution in [3.05, 3.63) is 28.2 Å². The fraction of sp³-hybridized carbons (Fsp3) is 0.500. The minimum atomic E-state index is -0.364. The number of hydrogen-bond acceptors (Lipinski definition) is 2. The molecule has 0 bridgehead atoms. The average Bonchev–Trinajstić information content (AvgIpc) is 2.51. The van der Waals surface area contributed by atoms with Crippen LogP contribution >= 0.6 is 23.2 Å². The van der Waals surface area contributed by atoms with Crippen molar-refractivity contribution in [1.82, 2.24) is 5.32 Å². The number of piperazine rings is 1. The molecule has 2 fully saturated rings. The first-order chi connectivity index (χ1) is 11.0. The fourth-order valence-electron chi connectivity index (χ4n) is 3.39. The van der Waals surface area contributed by atoms with Gasteiger partial charge in [-0.3, -0.25) is 9.59 Å². The predicted octanol–water partition coefficient (Wildman–Crippen LogP) is 1.69. The van der Waals surface area contributed by atoms with Gasteiger partial charge >= 0.3 is 0 Å². The van der Waals surface area contributed by atoms with Crippen molar-refractivity contribution in [3.8, 4) is 0 Å². The molecule has 1 aromatic carbocycles. The summed E-state index contributed by atoms with van der Waals surface area (Å²) in [4.78, 5) is 24.4. The molecule has 0 aromatic heterocycles. The topological polar surface area (TPSA) is 74.8 Å². The summed E-state index contributed by atoms with van der Waals surface area (Å²) in [5.41, 5.74) is 0.580. The molecule has 1 saturated heterocycles. The van der Waals surface area contributed by atoms with Gasteiger partial charge in [0.15, 0.2) is 6.04 Å². The molecule has 7 heteroatoms. The van der Waals surface area contributed by atoms with E-state index >= 15 is 0 Å². The summed E-state index contributed by atoms with van der Waals surface area (Å²) in [6.07, 6.45) is 4.63. The van der Waals surface area contributed by atoms with Crippen molar-refractivity contribution in [2.75, 3.05) is 5.32 Å². The van der Waals surface area contributed by atoms with Crippen LogP contribution in [-0.2, 0) is 9.59 Å². The molecule has 0 unspecified atom stereocenters. The van der Waals surface area contributed by atoms with E-state index in [0.29, 0.717) is 21.8 Å². The molecule has 1 heterocycles. The van der Waals surface area contributed by atoms with Crippen molar-refractivity contribution in [3.63, 3.8) is 0 Å². The first-order valence-electron chi connectivity index (χ1n) is 7.93. The number of carbonyl (C=O) groups excluding carboxylic acids is 2. The van der Waals surface area contributed by atoms with Crippen molar-refractivity contribution >= 4 is 40.7 Å². The highest BCUT2D eigenvalue weighted by atomic mass is 35.5. The number of carbonyl (C=O) groups is 2. The van der Waals surface area contributed by atoms with Crippen LogP contribution in [0.4, 0.5) is 5.69 Å². The van der Waals surface area contributed by atoms with Crippen LogP contribution in [-0.4, -0.2) is 29.9 Å². The minimum absolute atomic E-state index is 0.0440. The molecule has 23 heavy (non-hydrogen) atoms. The molecule has 0 spiro atoms. The standard InChI is InChI=1S/C16H19Cl2N3O2/c17-10-6-5-9(7-11(10)18)19-15(22)8-14-16(23)21-13-4-2-1-3-12(13)20-14/h5-7,12-14,20H,1-4,8H2,(H,19,22)(H,21,23)/p+1/t12-,13+,14-/m0/s1. The van der Waals surface area contributed by atoms with Gasteiger partial charge in [0.05, 0.1) is 22.5 Å². The second kappa shape index (κ2) is 7.07. The van der Waals surface area contributed by atoms with Crippen LogP contribution in [0.15, 0.2) is 18.2 Å². The lowest BCUT2D eigenvalue weighted by Crippen LogP contribution is -3.03. The molecule has 2 aliphatic rings. The molecular weight excluding hydrogens is 337 g/mol. The summed E-state index contributed by atoms with van der Waals surface area (Å²) in [6, 6.07) is 5.20. The Kier molecular flexibility index (Phi) is 5.09. The Morgan fingerprint density at radius 3 is 2.83 bits per heavy atom. The molecule has 1 aliphatic heterocycles.